The third-order valence-corrected chi connectivity index (χ3v) is 4.87. The highest BCUT2D eigenvalue weighted by molar-refractivity contribution is 5.65. The van der Waals surface area contributed by atoms with Crippen LogP contribution in [0.15, 0.2) is 34.9 Å². The third-order valence-electron chi connectivity index (χ3n) is 4.87. The van der Waals surface area contributed by atoms with Gasteiger partial charge in [0.05, 0.1) is 6.26 Å². The fourth-order valence-electron chi connectivity index (χ4n) is 3.84. The van der Waals surface area contributed by atoms with Crippen LogP contribution in [0.25, 0.3) is 11.3 Å². The summed E-state index contributed by atoms with van der Waals surface area (Å²) < 4.78 is 19.9. The van der Waals surface area contributed by atoms with Gasteiger partial charge in [-0.25, -0.2) is 4.39 Å². The number of halogens is 1. The maximum absolute atomic E-state index is 14.3. The van der Waals surface area contributed by atoms with Crippen molar-refractivity contribution in [3.8, 4) is 11.3 Å². The highest BCUT2D eigenvalue weighted by Gasteiger charge is 2.27. The number of hydrogen-bond acceptors (Lipinski definition) is 2. The predicted octanol–water partition coefficient (Wildman–Crippen LogP) is 5.07. The zero-order valence-corrected chi connectivity index (χ0v) is 14.1. The van der Waals surface area contributed by atoms with Crippen molar-refractivity contribution < 1.29 is 8.81 Å². The Morgan fingerprint density at radius 2 is 1.91 bits per heavy atom. The fraction of sp³-hybridized carbons (Fsp3) is 0.500. The van der Waals surface area contributed by atoms with E-state index in [0.717, 1.165) is 67.6 Å². The molecule has 2 nitrogen and oxygen atoms in total. The second kappa shape index (κ2) is 7.31. The average Bonchev–Trinajstić information content (AvgIpc) is 3.09. The van der Waals surface area contributed by atoms with E-state index in [2.05, 4.69) is 18.7 Å². The second-order valence-corrected chi connectivity index (χ2v) is 6.46. The summed E-state index contributed by atoms with van der Waals surface area (Å²) in [4.78, 5) is 2.58. The minimum absolute atomic E-state index is 0.0636. The molecule has 0 amide bonds. The Kier molecular flexibility index (Phi) is 5.16. The first-order chi connectivity index (χ1) is 11.2. The molecule has 0 saturated carbocycles. The van der Waals surface area contributed by atoms with E-state index in [9.17, 15) is 4.39 Å². The largest absolute Gasteiger partial charge is 0.464 e. The Hall–Kier alpha value is -1.61. The third kappa shape index (κ3) is 3.35. The number of nitrogens with zero attached hydrogens (tertiary/aromatic N) is 1. The summed E-state index contributed by atoms with van der Waals surface area (Å²) in [6, 6.07) is 7.84. The van der Waals surface area contributed by atoms with Crippen LogP contribution in [0, 0.1) is 5.82 Å². The molecule has 0 bridgehead atoms. The molecule has 3 rings (SSSR count). The molecule has 0 radical (unpaired) electrons. The average molecular weight is 315 g/mol. The SMILES string of the molecule is CCCN(CCC)[C@@H]1CCc2c(F)ccc(-c3ccco3)c2C1. The molecule has 3 heteroatoms. The molecule has 1 heterocycles. The van der Waals surface area contributed by atoms with Gasteiger partial charge in [-0.15, -0.1) is 0 Å². The zero-order valence-electron chi connectivity index (χ0n) is 14.1. The van der Waals surface area contributed by atoms with Gasteiger partial charge in [-0.1, -0.05) is 13.8 Å². The topological polar surface area (TPSA) is 16.4 Å². The summed E-state index contributed by atoms with van der Waals surface area (Å²) in [6.07, 6.45) is 6.81. The Balaban J connectivity index is 1.93. The van der Waals surface area contributed by atoms with Gasteiger partial charge in [0.25, 0.3) is 0 Å². The Labute approximate surface area is 138 Å². The Morgan fingerprint density at radius 1 is 1.13 bits per heavy atom. The van der Waals surface area contributed by atoms with Crippen molar-refractivity contribution in [2.45, 2.75) is 52.0 Å². The second-order valence-electron chi connectivity index (χ2n) is 6.46. The van der Waals surface area contributed by atoms with E-state index in [1.807, 2.05) is 18.2 Å². The van der Waals surface area contributed by atoms with E-state index < -0.39 is 0 Å². The Morgan fingerprint density at radius 3 is 2.57 bits per heavy atom. The summed E-state index contributed by atoms with van der Waals surface area (Å²) in [5.41, 5.74) is 3.10. The van der Waals surface area contributed by atoms with Crippen LogP contribution in [0.1, 0.15) is 44.2 Å². The molecule has 2 aromatic rings. The fourth-order valence-corrected chi connectivity index (χ4v) is 3.84. The van der Waals surface area contributed by atoms with E-state index in [-0.39, 0.29) is 5.82 Å². The summed E-state index contributed by atoms with van der Waals surface area (Å²) >= 11 is 0. The molecule has 0 aliphatic heterocycles. The van der Waals surface area contributed by atoms with Gasteiger partial charge in [-0.05, 0) is 80.6 Å². The van der Waals surface area contributed by atoms with Crippen LogP contribution in [0.3, 0.4) is 0 Å². The molecular formula is C20H26FNO. The van der Waals surface area contributed by atoms with Gasteiger partial charge >= 0.3 is 0 Å². The smallest absolute Gasteiger partial charge is 0.134 e. The molecule has 0 N–H and O–H groups in total. The van der Waals surface area contributed by atoms with Crippen molar-refractivity contribution in [1.29, 1.82) is 0 Å². The van der Waals surface area contributed by atoms with Gasteiger partial charge in [-0.2, -0.15) is 0 Å². The first kappa shape index (κ1) is 16.3. The van der Waals surface area contributed by atoms with E-state index in [4.69, 9.17) is 4.42 Å². The molecule has 0 spiro atoms. The number of furan rings is 1. The maximum atomic E-state index is 14.3. The van der Waals surface area contributed by atoms with Crippen LogP contribution in [0.4, 0.5) is 4.39 Å². The monoisotopic (exact) mass is 315 g/mol. The van der Waals surface area contributed by atoms with Crippen LogP contribution in [-0.4, -0.2) is 24.0 Å². The normalized spacial score (nSPS) is 17.5. The van der Waals surface area contributed by atoms with Gasteiger partial charge in [0, 0.05) is 11.6 Å². The molecule has 1 aromatic carbocycles. The van der Waals surface area contributed by atoms with Gasteiger partial charge in [0.1, 0.15) is 11.6 Å². The van der Waals surface area contributed by atoms with Crippen molar-refractivity contribution in [3.63, 3.8) is 0 Å². The lowest BCUT2D eigenvalue weighted by molar-refractivity contribution is 0.179. The van der Waals surface area contributed by atoms with Crippen LogP contribution in [0.2, 0.25) is 0 Å². The molecule has 1 atom stereocenters. The highest BCUT2D eigenvalue weighted by atomic mass is 19.1. The van der Waals surface area contributed by atoms with Gasteiger partial charge in [-0.3, -0.25) is 0 Å². The zero-order chi connectivity index (χ0) is 16.2. The highest BCUT2D eigenvalue weighted by Crippen LogP contribution is 2.35. The van der Waals surface area contributed by atoms with Crippen molar-refractivity contribution in [2.75, 3.05) is 13.1 Å². The van der Waals surface area contributed by atoms with Gasteiger partial charge < -0.3 is 9.32 Å². The molecule has 1 aliphatic rings. The number of hydrogen-bond donors (Lipinski definition) is 0. The number of rotatable bonds is 6. The van der Waals surface area contributed by atoms with E-state index in [0.29, 0.717) is 6.04 Å². The maximum Gasteiger partial charge on any atom is 0.134 e. The summed E-state index contributed by atoms with van der Waals surface area (Å²) in [5.74, 6) is 0.783. The van der Waals surface area contributed by atoms with E-state index in [1.165, 1.54) is 0 Å². The lowest BCUT2D eigenvalue weighted by Crippen LogP contribution is -2.40. The summed E-state index contributed by atoms with van der Waals surface area (Å²) in [7, 11) is 0. The van der Waals surface area contributed by atoms with E-state index >= 15 is 0 Å². The van der Waals surface area contributed by atoms with Crippen LogP contribution in [0.5, 0.6) is 0 Å². The minimum atomic E-state index is -0.0636. The van der Waals surface area contributed by atoms with Crippen LogP contribution in [-0.2, 0) is 12.8 Å². The lowest BCUT2D eigenvalue weighted by Gasteiger charge is -2.35. The number of benzene rings is 1. The van der Waals surface area contributed by atoms with Crippen LogP contribution < -0.4 is 0 Å². The molecule has 1 aromatic heterocycles. The lowest BCUT2D eigenvalue weighted by atomic mass is 9.83. The molecule has 23 heavy (non-hydrogen) atoms. The van der Waals surface area contributed by atoms with Gasteiger partial charge in [0.15, 0.2) is 0 Å². The molecule has 0 fully saturated rings. The quantitative estimate of drug-likeness (QED) is 0.740. The van der Waals surface area contributed by atoms with Crippen molar-refractivity contribution >= 4 is 0 Å². The standard InChI is InChI=1S/C20H26FNO/c1-3-11-22(12-4-2)15-7-8-16-18(14-15)17(9-10-19(16)21)20-6-5-13-23-20/h5-6,9-10,13,15H,3-4,7-8,11-12,14H2,1-2H3/t15-/m1/s1. The number of fused-ring (bicyclic) bond motifs is 1. The first-order valence-corrected chi connectivity index (χ1v) is 8.82. The van der Waals surface area contributed by atoms with Gasteiger partial charge in [0.2, 0.25) is 0 Å². The van der Waals surface area contributed by atoms with Crippen molar-refractivity contribution in [1.82, 2.24) is 4.90 Å². The Bertz CT molecular complexity index is 629. The molecule has 0 saturated heterocycles. The molecule has 124 valence electrons. The summed E-state index contributed by atoms with van der Waals surface area (Å²) in [6.45, 7) is 6.71. The summed E-state index contributed by atoms with van der Waals surface area (Å²) in [5, 5.41) is 0. The van der Waals surface area contributed by atoms with Crippen molar-refractivity contribution in [2.24, 2.45) is 0 Å². The molecular weight excluding hydrogens is 289 g/mol. The van der Waals surface area contributed by atoms with Crippen LogP contribution >= 0.6 is 0 Å². The van der Waals surface area contributed by atoms with Crippen molar-refractivity contribution in [3.05, 3.63) is 47.5 Å². The molecule has 0 unspecified atom stereocenters. The predicted molar refractivity (Wildman–Crippen MR) is 92.1 cm³/mol. The first-order valence-electron chi connectivity index (χ1n) is 8.82. The molecule has 1 aliphatic carbocycles. The van der Waals surface area contributed by atoms with E-state index in [1.54, 1.807) is 12.3 Å². The minimum Gasteiger partial charge on any atom is -0.464 e.